The third-order valence-corrected chi connectivity index (χ3v) is 4.61. The Morgan fingerprint density at radius 1 is 1.29 bits per heavy atom. The number of carbonyl (C=O) groups excluding carboxylic acids is 1. The molecule has 0 aliphatic heterocycles. The normalized spacial score (nSPS) is 19.8. The minimum absolute atomic E-state index is 0.194. The number of benzene rings is 1. The average molecular weight is 294 g/mol. The lowest BCUT2D eigenvalue weighted by molar-refractivity contribution is 0.153. The summed E-state index contributed by atoms with van der Waals surface area (Å²) in [6.07, 6.45) is 5.06. The van der Waals surface area contributed by atoms with Crippen molar-refractivity contribution >= 4 is 6.03 Å². The van der Waals surface area contributed by atoms with Gasteiger partial charge in [-0.05, 0) is 56.2 Å². The van der Waals surface area contributed by atoms with Crippen molar-refractivity contribution in [2.75, 3.05) is 7.05 Å². The minimum Gasteiger partial charge on any atom is -0.331 e. The molecular weight excluding hydrogens is 274 g/mol. The van der Waals surface area contributed by atoms with Gasteiger partial charge in [0.15, 0.2) is 0 Å². The maximum atomic E-state index is 14.0. The SMILES string of the molecule is CN(C(=O)N[C@H](c1cc(F)ccc1F)C1CC1)C1CCC1. The summed E-state index contributed by atoms with van der Waals surface area (Å²) in [4.78, 5) is 14.0. The molecule has 2 amide bonds. The van der Waals surface area contributed by atoms with Crippen molar-refractivity contribution in [3.63, 3.8) is 0 Å². The van der Waals surface area contributed by atoms with E-state index in [9.17, 15) is 13.6 Å². The Kier molecular flexibility index (Phi) is 3.83. The van der Waals surface area contributed by atoms with Gasteiger partial charge in [0, 0.05) is 18.7 Å². The molecule has 0 spiro atoms. The van der Waals surface area contributed by atoms with Crippen LogP contribution in [0.5, 0.6) is 0 Å². The molecule has 2 aliphatic carbocycles. The van der Waals surface area contributed by atoms with Gasteiger partial charge < -0.3 is 10.2 Å². The second-order valence-electron chi connectivity index (χ2n) is 6.13. The van der Waals surface area contributed by atoms with Crippen LogP contribution in [0.4, 0.5) is 13.6 Å². The molecule has 114 valence electrons. The summed E-state index contributed by atoms with van der Waals surface area (Å²) in [7, 11) is 1.77. The summed E-state index contributed by atoms with van der Waals surface area (Å²) in [6, 6.07) is 3.08. The van der Waals surface area contributed by atoms with Crippen LogP contribution in [0.3, 0.4) is 0 Å². The Labute approximate surface area is 123 Å². The van der Waals surface area contributed by atoms with Crippen molar-refractivity contribution in [1.29, 1.82) is 0 Å². The van der Waals surface area contributed by atoms with E-state index >= 15 is 0 Å². The fourth-order valence-corrected chi connectivity index (χ4v) is 2.81. The first-order chi connectivity index (χ1) is 10.1. The molecule has 0 saturated heterocycles. The summed E-state index contributed by atoms with van der Waals surface area (Å²) >= 11 is 0. The molecule has 2 aliphatic rings. The molecule has 3 nitrogen and oxygen atoms in total. The molecule has 0 aromatic heterocycles. The summed E-state index contributed by atoms with van der Waals surface area (Å²) in [5, 5.41) is 2.89. The van der Waals surface area contributed by atoms with Crippen LogP contribution in [0, 0.1) is 17.6 Å². The van der Waals surface area contributed by atoms with E-state index in [1.54, 1.807) is 11.9 Å². The molecule has 21 heavy (non-hydrogen) atoms. The van der Waals surface area contributed by atoms with Crippen molar-refractivity contribution in [3.05, 3.63) is 35.4 Å². The van der Waals surface area contributed by atoms with Crippen LogP contribution in [0.25, 0.3) is 0 Å². The Morgan fingerprint density at radius 2 is 2.00 bits per heavy atom. The average Bonchev–Trinajstić information content (AvgIpc) is 3.21. The first-order valence-corrected chi connectivity index (χ1v) is 7.54. The van der Waals surface area contributed by atoms with Gasteiger partial charge in [0.25, 0.3) is 0 Å². The Morgan fingerprint density at radius 3 is 2.57 bits per heavy atom. The molecule has 1 aromatic carbocycles. The van der Waals surface area contributed by atoms with E-state index in [0.29, 0.717) is 0 Å². The van der Waals surface area contributed by atoms with Crippen LogP contribution < -0.4 is 5.32 Å². The third kappa shape index (κ3) is 3.01. The standard InChI is InChI=1S/C16H20F2N2O/c1-20(12-3-2-4-12)16(21)19-15(10-5-6-10)13-9-11(17)7-8-14(13)18/h7-10,12,15H,2-6H2,1H3,(H,19,21)/t15-/m0/s1. The number of urea groups is 1. The molecule has 1 N–H and O–H groups in total. The maximum absolute atomic E-state index is 14.0. The second-order valence-corrected chi connectivity index (χ2v) is 6.13. The Hall–Kier alpha value is -1.65. The van der Waals surface area contributed by atoms with Gasteiger partial charge in [0.1, 0.15) is 11.6 Å². The highest BCUT2D eigenvalue weighted by Gasteiger charge is 2.36. The summed E-state index contributed by atoms with van der Waals surface area (Å²) in [5.74, 6) is -0.724. The van der Waals surface area contributed by atoms with Crippen LogP contribution in [-0.2, 0) is 0 Å². The highest BCUT2D eigenvalue weighted by molar-refractivity contribution is 5.75. The van der Waals surface area contributed by atoms with E-state index < -0.39 is 17.7 Å². The quantitative estimate of drug-likeness (QED) is 0.904. The fraction of sp³-hybridized carbons (Fsp3) is 0.562. The van der Waals surface area contributed by atoms with Crippen LogP contribution in [0.2, 0.25) is 0 Å². The van der Waals surface area contributed by atoms with Gasteiger partial charge in [0.05, 0.1) is 6.04 Å². The molecular formula is C16H20F2N2O. The Bertz CT molecular complexity index is 541. The lowest BCUT2D eigenvalue weighted by atomic mass is 9.92. The van der Waals surface area contributed by atoms with E-state index in [4.69, 9.17) is 0 Å². The van der Waals surface area contributed by atoms with Crippen molar-refractivity contribution in [3.8, 4) is 0 Å². The minimum atomic E-state index is -0.473. The van der Waals surface area contributed by atoms with Crippen LogP contribution in [-0.4, -0.2) is 24.0 Å². The molecule has 0 bridgehead atoms. The topological polar surface area (TPSA) is 32.3 Å². The van der Waals surface area contributed by atoms with Crippen LogP contribution in [0.15, 0.2) is 18.2 Å². The van der Waals surface area contributed by atoms with E-state index in [-0.39, 0.29) is 23.6 Å². The zero-order chi connectivity index (χ0) is 15.0. The summed E-state index contributed by atoms with van der Waals surface area (Å²) in [6.45, 7) is 0. The zero-order valence-electron chi connectivity index (χ0n) is 12.1. The van der Waals surface area contributed by atoms with E-state index in [1.807, 2.05) is 0 Å². The first-order valence-electron chi connectivity index (χ1n) is 7.54. The van der Waals surface area contributed by atoms with Gasteiger partial charge >= 0.3 is 6.03 Å². The van der Waals surface area contributed by atoms with Gasteiger partial charge in [-0.25, -0.2) is 13.6 Å². The van der Waals surface area contributed by atoms with Crippen molar-refractivity contribution in [2.24, 2.45) is 5.92 Å². The number of carbonyl (C=O) groups is 1. The zero-order valence-corrected chi connectivity index (χ0v) is 12.1. The molecule has 0 unspecified atom stereocenters. The maximum Gasteiger partial charge on any atom is 0.317 e. The number of hydrogen-bond donors (Lipinski definition) is 1. The molecule has 5 heteroatoms. The largest absolute Gasteiger partial charge is 0.331 e. The van der Waals surface area contributed by atoms with Crippen molar-refractivity contribution in [2.45, 2.75) is 44.2 Å². The first kappa shape index (κ1) is 14.3. The van der Waals surface area contributed by atoms with Gasteiger partial charge in [-0.1, -0.05) is 0 Å². The highest BCUT2D eigenvalue weighted by atomic mass is 19.1. The number of amides is 2. The van der Waals surface area contributed by atoms with E-state index in [0.717, 1.165) is 44.2 Å². The number of halogens is 2. The van der Waals surface area contributed by atoms with E-state index in [1.165, 1.54) is 6.07 Å². The molecule has 0 radical (unpaired) electrons. The summed E-state index contributed by atoms with van der Waals surface area (Å²) in [5.41, 5.74) is 0.257. The van der Waals surface area contributed by atoms with Gasteiger partial charge in [-0.3, -0.25) is 0 Å². The number of nitrogens with zero attached hydrogens (tertiary/aromatic N) is 1. The fourth-order valence-electron chi connectivity index (χ4n) is 2.81. The summed E-state index contributed by atoms with van der Waals surface area (Å²) < 4.78 is 27.4. The molecule has 0 heterocycles. The lowest BCUT2D eigenvalue weighted by Crippen LogP contribution is -2.47. The van der Waals surface area contributed by atoms with Gasteiger partial charge in [0.2, 0.25) is 0 Å². The molecule has 1 atom stereocenters. The highest BCUT2D eigenvalue weighted by Crippen LogP contribution is 2.42. The lowest BCUT2D eigenvalue weighted by Gasteiger charge is -2.35. The van der Waals surface area contributed by atoms with Crippen LogP contribution in [0.1, 0.15) is 43.7 Å². The Balaban J connectivity index is 1.75. The van der Waals surface area contributed by atoms with E-state index in [2.05, 4.69) is 5.32 Å². The predicted octanol–water partition coefficient (Wildman–Crippen LogP) is 3.61. The van der Waals surface area contributed by atoms with Crippen LogP contribution >= 0.6 is 0 Å². The van der Waals surface area contributed by atoms with Crippen molar-refractivity contribution in [1.82, 2.24) is 10.2 Å². The third-order valence-electron chi connectivity index (χ3n) is 4.61. The molecule has 2 saturated carbocycles. The second kappa shape index (κ2) is 5.62. The number of hydrogen-bond acceptors (Lipinski definition) is 1. The molecule has 1 aromatic rings. The van der Waals surface area contributed by atoms with Gasteiger partial charge in [-0.2, -0.15) is 0 Å². The molecule has 2 fully saturated rings. The number of nitrogens with one attached hydrogen (secondary N) is 1. The monoisotopic (exact) mass is 294 g/mol. The number of rotatable bonds is 4. The predicted molar refractivity (Wildman–Crippen MR) is 75.8 cm³/mol. The van der Waals surface area contributed by atoms with Crippen molar-refractivity contribution < 1.29 is 13.6 Å². The smallest absolute Gasteiger partial charge is 0.317 e. The van der Waals surface area contributed by atoms with Gasteiger partial charge in [-0.15, -0.1) is 0 Å². The molecule has 3 rings (SSSR count).